The summed E-state index contributed by atoms with van der Waals surface area (Å²) in [7, 11) is 16.8. The molecule has 0 aliphatic heterocycles. The first-order chi connectivity index (χ1) is 15.4. The molecule has 0 radical (unpaired) electrons. The standard InChI is InChI=1S/2C10H13ClN3.4ClH.Zn/c2*1-3-14(4-2)8-5-6-10(13-12)9(11)7-8;;;;;/h2*5-7H,3-4H2,1-2H3;4*1H;/q2*+1;;;;;+2/p-4. The first kappa shape index (κ1) is 32.2. The Morgan fingerprint density at radius 1 is 0.667 bits per heavy atom. The van der Waals surface area contributed by atoms with E-state index in [1.807, 2.05) is 24.3 Å². The normalized spacial score (nSPS) is 9.94. The number of hydrogen-bond acceptors (Lipinski definition) is 4. The van der Waals surface area contributed by atoms with Crippen LogP contribution in [0.3, 0.4) is 0 Å². The van der Waals surface area contributed by atoms with Gasteiger partial charge in [-0.1, -0.05) is 23.2 Å². The molecule has 0 unspecified atom stereocenters. The summed E-state index contributed by atoms with van der Waals surface area (Å²) in [5.74, 6) is 0. The van der Waals surface area contributed by atoms with Crippen LogP contribution in [0.2, 0.25) is 10.0 Å². The number of benzene rings is 2. The Bertz CT molecular complexity index is 872. The summed E-state index contributed by atoms with van der Waals surface area (Å²) in [5, 5.41) is 18.1. The third-order valence-corrected chi connectivity index (χ3v) is 4.94. The molecule has 13 heteroatoms. The van der Waals surface area contributed by atoms with Crippen LogP contribution < -0.4 is 9.80 Å². The molecule has 0 aromatic heterocycles. The number of hydrogen-bond donors (Lipinski definition) is 0. The van der Waals surface area contributed by atoms with Gasteiger partial charge in [0.2, 0.25) is 10.8 Å². The second-order valence-corrected chi connectivity index (χ2v) is 35.0. The summed E-state index contributed by atoms with van der Waals surface area (Å²) in [6.07, 6.45) is 0. The van der Waals surface area contributed by atoms with Crippen molar-refractivity contribution in [2.75, 3.05) is 36.0 Å². The molecule has 0 N–H and O–H groups in total. The molecule has 0 aliphatic carbocycles. The van der Waals surface area contributed by atoms with Crippen molar-refractivity contribution in [3.8, 4) is 0 Å². The minimum atomic E-state index is -3.36. The van der Waals surface area contributed by atoms with E-state index in [0.29, 0.717) is 21.4 Å². The van der Waals surface area contributed by atoms with Gasteiger partial charge in [0.25, 0.3) is 0 Å². The monoisotopic (exact) mass is 624 g/mol. The van der Waals surface area contributed by atoms with Crippen LogP contribution in [-0.2, 0) is 10.8 Å². The number of rotatable bonds is 6. The maximum atomic E-state index is 8.59. The molecule has 0 heterocycles. The number of halogens is 6. The van der Waals surface area contributed by atoms with Gasteiger partial charge in [-0.3, -0.25) is 0 Å². The average molecular weight is 629 g/mol. The van der Waals surface area contributed by atoms with Crippen molar-refractivity contribution in [2.24, 2.45) is 0 Å². The molecule has 33 heavy (non-hydrogen) atoms. The fraction of sp³-hybridized carbons (Fsp3) is 0.400. The average Bonchev–Trinajstić information content (AvgIpc) is 2.75. The van der Waals surface area contributed by atoms with E-state index < -0.39 is 10.8 Å². The van der Waals surface area contributed by atoms with Gasteiger partial charge in [-0.15, -0.1) is 0 Å². The van der Waals surface area contributed by atoms with Gasteiger partial charge in [-0.05, 0) is 52.0 Å². The van der Waals surface area contributed by atoms with E-state index >= 15 is 0 Å². The molecule has 180 valence electrons. The van der Waals surface area contributed by atoms with Gasteiger partial charge in [0.15, 0.2) is 9.95 Å². The Balaban J connectivity index is 0.000000517. The van der Waals surface area contributed by atoms with Gasteiger partial charge in [-0.2, -0.15) is 0 Å². The molecule has 6 nitrogen and oxygen atoms in total. The maximum absolute atomic E-state index is 8.59. The Kier molecular flexibility index (Phi) is 16.4. The van der Waals surface area contributed by atoms with Crippen molar-refractivity contribution in [2.45, 2.75) is 27.7 Å². The number of anilines is 2. The van der Waals surface area contributed by atoms with E-state index in [4.69, 9.17) is 72.8 Å². The Morgan fingerprint density at radius 2 is 0.939 bits per heavy atom. The van der Waals surface area contributed by atoms with E-state index in [0.717, 1.165) is 37.6 Å². The Hall–Kier alpha value is -0.757. The second kappa shape index (κ2) is 16.8. The van der Waals surface area contributed by atoms with Gasteiger partial charge in [0.1, 0.15) is 10.0 Å². The van der Waals surface area contributed by atoms with Crippen LogP contribution in [0, 0.1) is 10.8 Å². The predicted octanol–water partition coefficient (Wildman–Crippen LogP) is 10.1. The molecular weight excluding hydrogens is 602 g/mol. The molecular formula is C20H26Cl6N6Zn. The van der Waals surface area contributed by atoms with Gasteiger partial charge in [0, 0.05) is 49.7 Å². The molecule has 2 aromatic carbocycles. The van der Waals surface area contributed by atoms with Crippen molar-refractivity contribution in [3.05, 3.63) is 56.4 Å². The summed E-state index contributed by atoms with van der Waals surface area (Å²) in [6, 6.07) is 10.8. The molecule has 0 saturated heterocycles. The first-order valence-corrected chi connectivity index (χ1v) is 26.7. The van der Waals surface area contributed by atoms with Crippen molar-refractivity contribution in [3.63, 3.8) is 0 Å². The van der Waals surface area contributed by atoms with E-state index in [1.54, 1.807) is 12.1 Å². The fourth-order valence-electron chi connectivity index (χ4n) is 2.72. The Morgan fingerprint density at radius 3 is 1.12 bits per heavy atom. The molecule has 0 atom stereocenters. The third-order valence-electron chi connectivity index (χ3n) is 4.34. The van der Waals surface area contributed by atoms with E-state index in [9.17, 15) is 0 Å². The molecule has 2 rings (SSSR count). The summed E-state index contributed by atoms with van der Waals surface area (Å²) < 4.78 is 0. The summed E-state index contributed by atoms with van der Waals surface area (Å²) in [4.78, 5) is 10.5. The van der Waals surface area contributed by atoms with Crippen molar-refractivity contribution < 1.29 is 10.8 Å². The molecule has 0 spiro atoms. The van der Waals surface area contributed by atoms with Crippen LogP contribution in [-0.4, -0.2) is 26.2 Å². The molecule has 0 saturated carbocycles. The van der Waals surface area contributed by atoms with Gasteiger partial charge < -0.3 is 9.80 Å². The zero-order chi connectivity index (χ0) is 25.6. The van der Waals surface area contributed by atoms with Crippen molar-refractivity contribution in [1.82, 2.24) is 0 Å². The van der Waals surface area contributed by atoms with E-state index in [-0.39, 0.29) is 0 Å². The Labute approximate surface area is 224 Å². The van der Waals surface area contributed by atoms with Crippen LogP contribution in [0.25, 0.3) is 9.95 Å². The summed E-state index contributed by atoms with van der Waals surface area (Å²) in [5.41, 5.74) is 2.91. The molecule has 2 aromatic rings. The number of diazo groups is 2. The zero-order valence-electron chi connectivity index (χ0n) is 19.0. The molecule has 0 aliphatic rings. The number of nitrogens with zero attached hydrogens (tertiary/aromatic N) is 6. The quantitative estimate of drug-likeness (QED) is 0.236. The van der Waals surface area contributed by atoms with Crippen molar-refractivity contribution in [1.29, 1.82) is 10.8 Å². The van der Waals surface area contributed by atoms with Crippen LogP contribution in [0.4, 0.5) is 22.7 Å². The van der Waals surface area contributed by atoms with Gasteiger partial charge in [0.05, 0.1) is 0 Å². The minimum absolute atomic E-state index is 0.405. The second-order valence-electron chi connectivity index (χ2n) is 6.42. The first-order valence-electron chi connectivity index (χ1n) is 10.3. The van der Waals surface area contributed by atoms with Crippen LogP contribution >= 0.6 is 62.0 Å². The van der Waals surface area contributed by atoms with E-state index in [2.05, 4.69) is 47.4 Å². The predicted molar refractivity (Wildman–Crippen MR) is 143 cm³/mol. The third kappa shape index (κ3) is 13.1. The van der Waals surface area contributed by atoms with Gasteiger partial charge in [-0.25, -0.2) is 0 Å². The summed E-state index contributed by atoms with van der Waals surface area (Å²) >= 11 is 11.8. The topological polar surface area (TPSA) is 62.8 Å². The SMILES string of the molecule is CCN(CC)c1ccc([N+]#N)c(Cl)c1.CCN(CC)c1ccc([N+]#N)c(Cl)c1.[Cl][Zn-2]([Cl])([Cl])[Cl]. The fourth-order valence-corrected chi connectivity index (χ4v) is 3.15. The zero-order valence-corrected chi connectivity index (χ0v) is 26.5. The van der Waals surface area contributed by atoms with E-state index in [1.165, 1.54) is 0 Å². The molecule has 0 bridgehead atoms. The molecule has 0 fully saturated rings. The molecule has 0 amide bonds. The van der Waals surface area contributed by atoms with Crippen LogP contribution in [0.15, 0.2) is 36.4 Å². The van der Waals surface area contributed by atoms with Crippen molar-refractivity contribution >= 4 is 84.7 Å². The van der Waals surface area contributed by atoms with Gasteiger partial charge >= 0.3 is 61.0 Å². The van der Waals surface area contributed by atoms with Crippen LogP contribution in [0.1, 0.15) is 27.7 Å². The summed E-state index contributed by atoms with van der Waals surface area (Å²) in [6.45, 7) is 12.1. The van der Waals surface area contributed by atoms with Crippen LogP contribution in [0.5, 0.6) is 0 Å².